The first-order chi connectivity index (χ1) is 20.1. The average Bonchev–Trinajstić information content (AvgIpc) is 2.98. The molecule has 0 aromatic carbocycles. The molecule has 0 heterocycles. The minimum absolute atomic E-state index is 0.0195. The SMILES string of the molecule is CCO[C@](S)(CC)C(=O)NC(CC)C(=O)O[C@@H]([C@H](OC(=O)C(CC)NC(=O)[C@@](S)(CC)OCC)[C@@H](O)C(=O)O)[C@H](O)CN. The first kappa shape index (κ1) is 40.9. The van der Waals surface area contributed by atoms with Crippen LogP contribution in [0.1, 0.15) is 67.2 Å². The van der Waals surface area contributed by atoms with Gasteiger partial charge >= 0.3 is 17.9 Å². The van der Waals surface area contributed by atoms with Gasteiger partial charge in [0.2, 0.25) is 0 Å². The molecule has 0 saturated carbocycles. The van der Waals surface area contributed by atoms with Crippen LogP contribution in [-0.4, -0.2) is 111 Å². The number of ether oxygens (including phenoxy) is 4. The predicted molar refractivity (Wildman–Crippen MR) is 160 cm³/mol. The Kier molecular flexibility index (Phi) is 18.3. The first-order valence-corrected chi connectivity index (χ1v) is 15.0. The highest BCUT2D eigenvalue weighted by molar-refractivity contribution is 7.82. The van der Waals surface area contributed by atoms with Gasteiger partial charge in [-0.25, -0.2) is 14.4 Å². The number of carbonyl (C=O) groups excluding carboxylic acids is 4. The molecule has 0 rings (SSSR count). The highest BCUT2D eigenvalue weighted by Gasteiger charge is 2.45. The second-order valence-electron chi connectivity index (χ2n) is 9.40. The number of carbonyl (C=O) groups is 5. The molecule has 0 aliphatic carbocycles. The lowest BCUT2D eigenvalue weighted by atomic mass is 10.0. The van der Waals surface area contributed by atoms with E-state index in [0.29, 0.717) is 0 Å². The Labute approximate surface area is 262 Å². The Hall–Kier alpha value is -2.15. The van der Waals surface area contributed by atoms with Crippen molar-refractivity contribution in [2.45, 2.75) is 114 Å². The molecule has 250 valence electrons. The molecule has 0 spiro atoms. The summed E-state index contributed by atoms with van der Waals surface area (Å²) >= 11 is 8.51. The summed E-state index contributed by atoms with van der Waals surface area (Å²) in [6, 6.07) is -2.71. The summed E-state index contributed by atoms with van der Waals surface area (Å²) in [5.74, 6) is -5.78. The topological polar surface area (TPSA) is 233 Å². The number of carboxylic acids is 1. The fourth-order valence-corrected chi connectivity index (χ4v) is 4.10. The summed E-state index contributed by atoms with van der Waals surface area (Å²) in [5, 5.41) is 35.4. The van der Waals surface area contributed by atoms with E-state index >= 15 is 0 Å². The van der Waals surface area contributed by atoms with Crippen molar-refractivity contribution in [1.82, 2.24) is 10.6 Å². The van der Waals surface area contributed by atoms with Gasteiger partial charge in [0.15, 0.2) is 28.2 Å². The quantitative estimate of drug-likeness (QED) is 0.0443. The maximum Gasteiger partial charge on any atom is 0.336 e. The molecule has 0 aromatic rings. The van der Waals surface area contributed by atoms with Crippen LogP contribution in [0, 0.1) is 0 Å². The lowest BCUT2D eigenvalue weighted by Gasteiger charge is -2.34. The third-order valence-corrected chi connectivity index (χ3v) is 7.74. The molecule has 0 fully saturated rings. The molecule has 2 unspecified atom stereocenters. The van der Waals surface area contributed by atoms with E-state index in [2.05, 4.69) is 35.9 Å². The van der Waals surface area contributed by atoms with Crippen LogP contribution in [0.15, 0.2) is 0 Å². The van der Waals surface area contributed by atoms with Gasteiger partial charge in [0.1, 0.15) is 18.2 Å². The molecule has 7 N–H and O–H groups in total. The number of aliphatic carboxylic acids is 1. The van der Waals surface area contributed by atoms with Gasteiger partial charge in [0, 0.05) is 19.8 Å². The number of thiol groups is 2. The molecule has 0 bridgehead atoms. The van der Waals surface area contributed by atoms with Gasteiger partial charge in [-0.2, -0.15) is 0 Å². The summed E-state index contributed by atoms with van der Waals surface area (Å²) < 4.78 is 21.4. The Morgan fingerprint density at radius 3 is 1.40 bits per heavy atom. The van der Waals surface area contributed by atoms with Crippen molar-refractivity contribution in [2.75, 3.05) is 19.8 Å². The van der Waals surface area contributed by atoms with E-state index in [-0.39, 0.29) is 38.9 Å². The van der Waals surface area contributed by atoms with E-state index < -0.39 is 82.6 Å². The molecule has 43 heavy (non-hydrogen) atoms. The molecule has 0 aliphatic heterocycles. The van der Waals surface area contributed by atoms with Gasteiger partial charge in [-0.15, -0.1) is 25.3 Å². The standard InChI is InChI=1S/C26H47N3O12S2/c1-7-14(28-23(36)25(42,9-3)38-11-5)21(34)40-18(16(30)13-27)19(17(31)20(32)33)41-22(35)15(8-2)29-24(37)26(43,10-4)39-12-6/h14-19,30-31,42-43H,7-13,27H2,1-6H3,(H,28,36)(H,29,37)(H,32,33)/t14?,15?,16-,17-,18-,19-,25+,26+/m1/s1. The van der Waals surface area contributed by atoms with Crippen LogP contribution < -0.4 is 16.4 Å². The molecule has 0 aromatic heterocycles. The van der Waals surface area contributed by atoms with Crippen molar-refractivity contribution in [1.29, 1.82) is 0 Å². The third-order valence-electron chi connectivity index (χ3n) is 6.44. The van der Waals surface area contributed by atoms with E-state index in [4.69, 9.17) is 24.7 Å². The highest BCUT2D eigenvalue weighted by atomic mass is 32.1. The van der Waals surface area contributed by atoms with E-state index in [1.54, 1.807) is 27.7 Å². The summed E-state index contributed by atoms with van der Waals surface area (Å²) in [6.07, 6.45) is -8.31. The molecular formula is C26H47N3O12S2. The number of rotatable bonds is 21. The zero-order valence-corrected chi connectivity index (χ0v) is 27.2. The predicted octanol–water partition coefficient (Wildman–Crippen LogP) is -0.490. The summed E-state index contributed by atoms with van der Waals surface area (Å²) in [4.78, 5) is 60.5. The van der Waals surface area contributed by atoms with Crippen LogP contribution in [0.5, 0.6) is 0 Å². The number of esters is 2. The Morgan fingerprint density at radius 1 is 0.744 bits per heavy atom. The average molecular weight is 658 g/mol. The van der Waals surface area contributed by atoms with E-state index in [1.165, 1.54) is 13.8 Å². The molecular weight excluding hydrogens is 610 g/mol. The van der Waals surface area contributed by atoms with Crippen LogP contribution in [0.2, 0.25) is 0 Å². The number of aliphatic hydroxyl groups excluding tert-OH is 2. The molecule has 17 heteroatoms. The summed E-state index contributed by atoms with van der Waals surface area (Å²) in [5.41, 5.74) is 5.55. The minimum atomic E-state index is -2.50. The van der Waals surface area contributed by atoms with Crippen LogP contribution in [0.4, 0.5) is 0 Å². The fraction of sp³-hybridized carbons (Fsp3) is 0.808. The number of aliphatic hydroxyl groups is 2. The number of hydrogen-bond acceptors (Lipinski definition) is 14. The van der Waals surface area contributed by atoms with Gasteiger partial charge < -0.3 is 50.6 Å². The van der Waals surface area contributed by atoms with Crippen molar-refractivity contribution < 1.29 is 58.2 Å². The number of nitrogens with one attached hydrogen (secondary N) is 2. The number of carboxylic acid groups (broad SMARTS) is 1. The van der Waals surface area contributed by atoms with Crippen molar-refractivity contribution >= 4 is 55.0 Å². The first-order valence-electron chi connectivity index (χ1n) is 14.1. The second-order valence-corrected chi connectivity index (χ2v) is 10.8. The molecule has 8 atom stereocenters. The normalized spacial score (nSPS) is 18.4. The highest BCUT2D eigenvalue weighted by Crippen LogP contribution is 2.24. The van der Waals surface area contributed by atoms with E-state index in [1.807, 2.05) is 0 Å². The zero-order valence-electron chi connectivity index (χ0n) is 25.4. The molecule has 0 radical (unpaired) electrons. The van der Waals surface area contributed by atoms with Crippen LogP contribution in [0.25, 0.3) is 0 Å². The monoisotopic (exact) mass is 657 g/mol. The molecule has 0 saturated heterocycles. The fourth-order valence-electron chi connectivity index (χ4n) is 3.71. The van der Waals surface area contributed by atoms with Gasteiger partial charge in [-0.1, -0.05) is 27.7 Å². The van der Waals surface area contributed by atoms with Crippen molar-refractivity contribution in [2.24, 2.45) is 5.73 Å². The maximum absolute atomic E-state index is 13.1. The molecule has 2 amide bonds. The summed E-state index contributed by atoms with van der Waals surface area (Å²) in [7, 11) is 0. The van der Waals surface area contributed by atoms with Crippen LogP contribution >= 0.6 is 25.3 Å². The van der Waals surface area contributed by atoms with Crippen molar-refractivity contribution in [3.05, 3.63) is 0 Å². The van der Waals surface area contributed by atoms with E-state index in [0.717, 1.165) is 0 Å². The Balaban J connectivity index is 6.23. The maximum atomic E-state index is 13.1. The number of nitrogens with two attached hydrogens (primary N) is 1. The van der Waals surface area contributed by atoms with Gasteiger partial charge in [0.25, 0.3) is 11.8 Å². The summed E-state index contributed by atoms with van der Waals surface area (Å²) in [6.45, 7) is 9.30. The lowest BCUT2D eigenvalue weighted by Crippen LogP contribution is -2.58. The van der Waals surface area contributed by atoms with E-state index in [9.17, 15) is 39.3 Å². The number of amides is 2. The van der Waals surface area contributed by atoms with Crippen LogP contribution in [0.3, 0.4) is 0 Å². The van der Waals surface area contributed by atoms with Gasteiger partial charge in [0.05, 0.1) is 0 Å². The van der Waals surface area contributed by atoms with Crippen molar-refractivity contribution in [3.63, 3.8) is 0 Å². The van der Waals surface area contributed by atoms with Crippen LogP contribution in [-0.2, 0) is 42.9 Å². The second kappa shape index (κ2) is 19.3. The lowest BCUT2D eigenvalue weighted by molar-refractivity contribution is -0.195. The minimum Gasteiger partial charge on any atom is -0.479 e. The number of hydrogen-bond donors (Lipinski definition) is 8. The largest absolute Gasteiger partial charge is 0.479 e. The molecule has 0 aliphatic rings. The smallest absolute Gasteiger partial charge is 0.336 e. The van der Waals surface area contributed by atoms with Gasteiger partial charge in [-0.3, -0.25) is 9.59 Å². The Bertz CT molecular complexity index is 945. The van der Waals surface area contributed by atoms with Gasteiger partial charge in [-0.05, 0) is 39.5 Å². The molecule has 15 nitrogen and oxygen atoms in total. The Morgan fingerprint density at radius 2 is 1.12 bits per heavy atom. The van der Waals surface area contributed by atoms with Crippen molar-refractivity contribution in [3.8, 4) is 0 Å². The zero-order chi connectivity index (χ0) is 33.5. The third kappa shape index (κ3) is 11.7.